The predicted octanol–water partition coefficient (Wildman–Crippen LogP) is 8.75. The van der Waals surface area contributed by atoms with Gasteiger partial charge in [0.2, 0.25) is 0 Å². The van der Waals surface area contributed by atoms with Crippen LogP contribution >= 0.6 is 0 Å². The van der Waals surface area contributed by atoms with Gasteiger partial charge < -0.3 is 14.0 Å². The smallest absolute Gasteiger partial charge is 0.509 e. The van der Waals surface area contributed by atoms with Gasteiger partial charge in [0.05, 0.1) is 18.2 Å². The van der Waals surface area contributed by atoms with Gasteiger partial charge in [-0.25, -0.2) is 13.4 Å². The minimum Gasteiger partial charge on any atom is -0.509 e. The van der Waals surface area contributed by atoms with Crippen molar-refractivity contribution < 1.29 is 39.0 Å². The summed E-state index contributed by atoms with van der Waals surface area (Å²) < 4.78 is 40.3. The number of para-hydroxylation sites is 1. The Morgan fingerprint density at radius 3 is 2.30 bits per heavy atom. The molecule has 4 aromatic carbocycles. The van der Waals surface area contributed by atoms with E-state index >= 15 is 0 Å². The van der Waals surface area contributed by atoms with Gasteiger partial charge in [-0.1, -0.05) is 44.5 Å². The zero-order chi connectivity index (χ0) is 34.7. The largest absolute Gasteiger partial charge is 2.00 e. The molecule has 50 heavy (non-hydrogen) atoms. The summed E-state index contributed by atoms with van der Waals surface area (Å²) >= 11 is 0. The summed E-state index contributed by atoms with van der Waals surface area (Å²) in [6, 6.07) is 30.3. The van der Waals surface area contributed by atoms with Gasteiger partial charge in [-0.15, -0.1) is 41.3 Å². The second-order valence-electron chi connectivity index (χ2n) is 13.3. The number of pyridine rings is 1. The maximum atomic E-state index is 12.2. The van der Waals surface area contributed by atoms with Gasteiger partial charge in [-0.2, -0.15) is 11.2 Å². The predicted molar refractivity (Wildman–Crippen MR) is 193 cm³/mol. The summed E-state index contributed by atoms with van der Waals surface area (Å²) in [5.41, 5.74) is 6.97. The molecular weight excluding hydrogens is 828 g/mol. The number of methoxy groups -OCH3 is 1. The van der Waals surface area contributed by atoms with E-state index in [2.05, 4.69) is 60.7 Å². The monoisotopic (exact) mass is 863 g/mol. The fourth-order valence-corrected chi connectivity index (χ4v) is 7.04. The molecule has 0 unspecified atom stereocenters. The normalized spacial score (nSPS) is 11.9. The first-order valence-electron chi connectivity index (χ1n) is 15.9. The maximum Gasteiger partial charge on any atom is 2.00 e. The Morgan fingerprint density at radius 2 is 1.60 bits per heavy atom. The Hall–Kier alpha value is -4.72. The van der Waals surface area contributed by atoms with Crippen LogP contribution in [0.2, 0.25) is 0 Å². The van der Waals surface area contributed by atoms with Crippen LogP contribution in [0.15, 0.2) is 96.3 Å². The SMILES string of the molecule is COc1ccnc(-n2c3[c-]c(Oc4[c-]c(-n5cc(-c6c(C)cc(S(C)(=O)=O)cc6C)cn5)cc(C(C)(C)C)c4)ccc3c3ccccc32)c1.[Pt+2]. The number of hydrogen-bond acceptors (Lipinski definition) is 6. The molecule has 0 radical (unpaired) electrons. The second kappa shape index (κ2) is 13.2. The van der Waals surface area contributed by atoms with Gasteiger partial charge in [-0.05, 0) is 71.3 Å². The summed E-state index contributed by atoms with van der Waals surface area (Å²) in [4.78, 5) is 4.96. The molecule has 0 bridgehead atoms. The Kier molecular flexibility index (Phi) is 9.27. The zero-order valence-corrected chi connectivity index (χ0v) is 31.9. The minimum atomic E-state index is -3.32. The van der Waals surface area contributed by atoms with Crippen molar-refractivity contribution in [2.45, 2.75) is 44.9 Å². The first kappa shape index (κ1) is 35.1. The number of hydrogen-bond donors (Lipinski definition) is 0. The molecule has 3 aromatic heterocycles. The third-order valence-corrected chi connectivity index (χ3v) is 9.80. The zero-order valence-electron chi connectivity index (χ0n) is 28.8. The van der Waals surface area contributed by atoms with E-state index in [-0.39, 0.29) is 26.5 Å². The quantitative estimate of drug-likeness (QED) is 0.149. The molecule has 8 nitrogen and oxygen atoms in total. The first-order valence-corrected chi connectivity index (χ1v) is 17.8. The Labute approximate surface area is 306 Å². The number of aromatic nitrogens is 4. The molecular formula is C40H36N4O4PtS. The van der Waals surface area contributed by atoms with Crippen LogP contribution in [0.1, 0.15) is 37.5 Å². The molecule has 10 heteroatoms. The van der Waals surface area contributed by atoms with Crippen molar-refractivity contribution in [1.82, 2.24) is 19.3 Å². The third-order valence-electron chi connectivity index (χ3n) is 8.71. The van der Waals surface area contributed by atoms with E-state index in [1.165, 1.54) is 6.26 Å². The number of nitrogens with zero attached hydrogens (tertiary/aromatic N) is 4. The van der Waals surface area contributed by atoms with Crippen molar-refractivity contribution in [3.05, 3.63) is 120 Å². The van der Waals surface area contributed by atoms with Crippen molar-refractivity contribution in [3.63, 3.8) is 0 Å². The van der Waals surface area contributed by atoms with Crippen molar-refractivity contribution in [3.8, 4) is 39.9 Å². The summed E-state index contributed by atoms with van der Waals surface area (Å²) in [6.45, 7) is 10.3. The van der Waals surface area contributed by atoms with E-state index in [0.29, 0.717) is 33.6 Å². The summed E-state index contributed by atoms with van der Waals surface area (Å²) in [5.74, 6) is 2.49. The fourth-order valence-electron chi connectivity index (χ4n) is 6.26. The van der Waals surface area contributed by atoms with Gasteiger partial charge >= 0.3 is 21.1 Å². The van der Waals surface area contributed by atoms with E-state index < -0.39 is 9.84 Å². The van der Waals surface area contributed by atoms with E-state index in [1.54, 1.807) is 36.3 Å². The molecule has 0 amide bonds. The Balaban J connectivity index is 0.00000432. The minimum absolute atomic E-state index is 0. The molecule has 3 heterocycles. The van der Waals surface area contributed by atoms with Crippen LogP contribution in [0.25, 0.3) is 44.4 Å². The molecule has 0 spiro atoms. The topological polar surface area (TPSA) is 88.2 Å². The molecule has 0 aliphatic heterocycles. The van der Waals surface area contributed by atoms with E-state index in [1.807, 2.05) is 62.5 Å². The average Bonchev–Trinajstić information content (AvgIpc) is 3.66. The van der Waals surface area contributed by atoms with E-state index in [0.717, 1.165) is 49.6 Å². The van der Waals surface area contributed by atoms with Crippen molar-refractivity contribution in [1.29, 1.82) is 0 Å². The molecule has 7 rings (SSSR count). The van der Waals surface area contributed by atoms with Crippen LogP contribution in [0.5, 0.6) is 17.2 Å². The molecule has 0 aliphatic rings. The van der Waals surface area contributed by atoms with Gasteiger partial charge in [0.25, 0.3) is 0 Å². The van der Waals surface area contributed by atoms with Crippen LogP contribution < -0.4 is 9.47 Å². The molecule has 0 saturated heterocycles. The second-order valence-corrected chi connectivity index (χ2v) is 15.4. The van der Waals surface area contributed by atoms with E-state index in [9.17, 15) is 8.42 Å². The van der Waals surface area contributed by atoms with Crippen LogP contribution in [-0.4, -0.2) is 41.1 Å². The van der Waals surface area contributed by atoms with Crippen LogP contribution in [-0.2, 0) is 36.3 Å². The van der Waals surface area contributed by atoms with Gasteiger partial charge in [0.15, 0.2) is 9.84 Å². The third kappa shape index (κ3) is 6.60. The van der Waals surface area contributed by atoms with Crippen molar-refractivity contribution in [2.75, 3.05) is 13.4 Å². The van der Waals surface area contributed by atoms with Crippen molar-refractivity contribution >= 4 is 31.6 Å². The first-order chi connectivity index (χ1) is 23.3. The Bertz CT molecular complexity index is 2490. The number of sulfone groups is 1. The van der Waals surface area contributed by atoms with Crippen LogP contribution in [0.4, 0.5) is 0 Å². The fraction of sp³-hybridized carbons (Fsp3) is 0.200. The van der Waals surface area contributed by atoms with E-state index in [4.69, 9.17) is 14.6 Å². The number of benzene rings is 4. The number of ether oxygens (including phenoxy) is 2. The molecule has 0 aliphatic carbocycles. The Morgan fingerprint density at radius 1 is 0.860 bits per heavy atom. The van der Waals surface area contributed by atoms with Crippen LogP contribution in [0, 0.1) is 26.0 Å². The van der Waals surface area contributed by atoms with Gasteiger partial charge in [-0.3, -0.25) is 4.68 Å². The summed E-state index contributed by atoms with van der Waals surface area (Å²) in [5, 5.41) is 6.81. The molecule has 0 N–H and O–H groups in total. The molecule has 0 atom stereocenters. The molecule has 256 valence electrons. The van der Waals surface area contributed by atoms with Crippen molar-refractivity contribution in [2.24, 2.45) is 0 Å². The summed E-state index contributed by atoms with van der Waals surface area (Å²) in [7, 11) is -1.68. The number of fused-ring (bicyclic) bond motifs is 3. The van der Waals surface area contributed by atoms with Crippen LogP contribution in [0.3, 0.4) is 0 Å². The molecule has 7 aromatic rings. The molecule has 0 saturated carbocycles. The standard InChI is InChI=1S/C40H36N4O4S.Pt/c1-25-16-33(49(7,45)46)17-26(2)39(25)27-23-42-43(24-27)29-18-28(40(3,4)5)19-32(20-29)48-31-12-13-35-34-10-8-9-11-36(34)44(37(35)21-31)38-22-30(47-6)14-15-41-38;/h8-19,22-24H,1-7H3;/q-2;+2. The number of aryl methyl sites for hydroxylation is 2. The van der Waals surface area contributed by atoms with Gasteiger partial charge in [0, 0.05) is 47.3 Å². The summed E-state index contributed by atoms with van der Waals surface area (Å²) in [6.07, 6.45) is 6.69. The van der Waals surface area contributed by atoms with Gasteiger partial charge in [0.1, 0.15) is 11.6 Å². The number of rotatable bonds is 7. The molecule has 0 fully saturated rings. The maximum absolute atomic E-state index is 12.2. The average molecular weight is 864 g/mol.